The van der Waals surface area contributed by atoms with Crippen molar-refractivity contribution >= 4 is 16.1 Å². The lowest BCUT2D eigenvalue weighted by Crippen LogP contribution is -2.44. The smallest absolute Gasteiger partial charge is 0.344 e. The van der Waals surface area contributed by atoms with Gasteiger partial charge in [0.15, 0.2) is 0 Å². The summed E-state index contributed by atoms with van der Waals surface area (Å²) in [6.45, 7) is 11.5. The van der Waals surface area contributed by atoms with Gasteiger partial charge >= 0.3 is 16.1 Å². The van der Waals surface area contributed by atoms with Crippen LogP contribution in [0, 0.1) is 19.3 Å². The second kappa shape index (κ2) is 12.3. The number of rotatable bonds is 9. The molecule has 0 radical (unpaired) electrons. The predicted molar refractivity (Wildman–Crippen MR) is 164 cm³/mol. The van der Waals surface area contributed by atoms with Crippen molar-refractivity contribution < 1.29 is 26.5 Å². The van der Waals surface area contributed by atoms with E-state index in [1.165, 1.54) is 12.1 Å². The van der Waals surface area contributed by atoms with Gasteiger partial charge < -0.3 is 13.3 Å². The van der Waals surface area contributed by atoms with E-state index in [-0.39, 0.29) is 10.3 Å². The number of hydrogen-bond donors (Lipinski definition) is 0. The van der Waals surface area contributed by atoms with Gasteiger partial charge in [0.1, 0.15) is 22.4 Å². The minimum absolute atomic E-state index is 0.0551. The molecule has 43 heavy (non-hydrogen) atoms. The van der Waals surface area contributed by atoms with Crippen molar-refractivity contribution in [3.05, 3.63) is 101 Å². The number of fused-ring (bicyclic) bond motifs is 1. The molecule has 0 fully saturated rings. The van der Waals surface area contributed by atoms with Crippen molar-refractivity contribution in [2.45, 2.75) is 58.4 Å². The highest BCUT2D eigenvalue weighted by Gasteiger charge is 2.38. The van der Waals surface area contributed by atoms with Gasteiger partial charge in [0.05, 0.1) is 12.3 Å². The molecular formula is C34H38N2O6S. The first-order valence-electron chi connectivity index (χ1n) is 14.5. The molecule has 1 aliphatic rings. The first-order chi connectivity index (χ1) is 20.4. The molecule has 0 aliphatic carbocycles. The van der Waals surface area contributed by atoms with Crippen molar-refractivity contribution in [2.75, 3.05) is 19.7 Å². The van der Waals surface area contributed by atoms with Crippen LogP contribution in [-0.2, 0) is 31.9 Å². The van der Waals surface area contributed by atoms with E-state index in [1.54, 1.807) is 12.1 Å². The maximum Gasteiger partial charge on any atom is 0.344 e. The number of aromatic nitrogens is 1. The first-order valence-corrected chi connectivity index (χ1v) is 15.9. The Morgan fingerprint density at radius 3 is 2.44 bits per heavy atom. The van der Waals surface area contributed by atoms with Gasteiger partial charge in [-0.25, -0.2) is 9.78 Å². The fourth-order valence-corrected chi connectivity index (χ4v) is 6.20. The Hall–Kier alpha value is -3.95. The molecule has 1 aromatic heterocycles. The normalized spacial score (nSPS) is 15.6. The zero-order chi connectivity index (χ0) is 30.8. The van der Waals surface area contributed by atoms with E-state index in [0.29, 0.717) is 43.3 Å². The fourth-order valence-electron chi connectivity index (χ4n) is 5.33. The number of ether oxygens (including phenoxy) is 1. The van der Waals surface area contributed by atoms with Gasteiger partial charge in [-0.15, -0.1) is 0 Å². The van der Waals surface area contributed by atoms with E-state index in [2.05, 4.69) is 25.8 Å². The SMILES string of the molecule is Cc1ccc(S(=O)(=O)OC(=O)C2c3cc(OCCc4nc(-c5ccccc5)oc4C)ccc3CCN2CC(C)(C)C)cc1. The second-order valence-electron chi connectivity index (χ2n) is 12.2. The van der Waals surface area contributed by atoms with Crippen LogP contribution in [0.15, 0.2) is 82.1 Å². The van der Waals surface area contributed by atoms with E-state index in [9.17, 15) is 13.2 Å². The van der Waals surface area contributed by atoms with Gasteiger partial charge in [-0.05, 0) is 73.2 Å². The summed E-state index contributed by atoms with van der Waals surface area (Å²) in [6, 6.07) is 20.8. The van der Waals surface area contributed by atoms with Gasteiger partial charge in [0.2, 0.25) is 5.89 Å². The van der Waals surface area contributed by atoms with Crippen LogP contribution in [0.4, 0.5) is 0 Å². The quantitative estimate of drug-likeness (QED) is 0.201. The van der Waals surface area contributed by atoms with E-state index in [0.717, 1.165) is 34.6 Å². The molecule has 2 heterocycles. The Kier molecular flexibility index (Phi) is 8.76. The average Bonchev–Trinajstić information content (AvgIpc) is 3.32. The summed E-state index contributed by atoms with van der Waals surface area (Å²) in [6.07, 6.45) is 1.26. The average molecular weight is 603 g/mol. The second-order valence-corrected chi connectivity index (χ2v) is 13.7. The first kappa shape index (κ1) is 30.5. The van der Waals surface area contributed by atoms with E-state index in [1.807, 2.05) is 67.3 Å². The van der Waals surface area contributed by atoms with Crippen LogP contribution in [0.3, 0.4) is 0 Å². The highest BCUT2D eigenvalue weighted by atomic mass is 32.2. The van der Waals surface area contributed by atoms with Gasteiger partial charge in [0.25, 0.3) is 0 Å². The standard InChI is InChI=1S/C34H38N2O6S/c1-23-11-15-28(16-12-23)43(38,39)42-33(37)31-29-21-27(14-13-25(29)17-19-36(31)22-34(3,4)5)40-20-18-30-24(2)41-32(35-30)26-9-7-6-8-10-26/h6-16,21,31H,17-20,22H2,1-5H3. The van der Waals surface area contributed by atoms with Crippen molar-refractivity contribution in [2.24, 2.45) is 5.41 Å². The molecule has 0 bridgehead atoms. The number of benzene rings is 3. The Bertz CT molecular complexity index is 1690. The molecule has 1 unspecified atom stereocenters. The maximum absolute atomic E-state index is 13.7. The summed E-state index contributed by atoms with van der Waals surface area (Å²) in [5, 5.41) is 0. The minimum Gasteiger partial charge on any atom is -0.493 e. The number of carbonyl (C=O) groups is 1. The Balaban J connectivity index is 1.36. The fraction of sp³-hybridized carbons (Fsp3) is 0.353. The van der Waals surface area contributed by atoms with Crippen molar-refractivity contribution in [3.63, 3.8) is 0 Å². The Labute approximate surface area is 253 Å². The zero-order valence-electron chi connectivity index (χ0n) is 25.3. The monoisotopic (exact) mass is 602 g/mol. The highest BCUT2D eigenvalue weighted by molar-refractivity contribution is 7.87. The summed E-state index contributed by atoms with van der Waals surface area (Å²) in [5.74, 6) is 1.07. The molecule has 226 valence electrons. The summed E-state index contributed by atoms with van der Waals surface area (Å²) < 4.78 is 43.4. The molecule has 0 saturated heterocycles. The van der Waals surface area contributed by atoms with Crippen LogP contribution in [0.2, 0.25) is 0 Å². The summed E-state index contributed by atoms with van der Waals surface area (Å²) >= 11 is 0. The number of carbonyl (C=O) groups excluding carboxylic acids is 1. The van der Waals surface area contributed by atoms with E-state index >= 15 is 0 Å². The van der Waals surface area contributed by atoms with E-state index in [4.69, 9.17) is 13.3 Å². The third kappa shape index (κ3) is 7.35. The van der Waals surface area contributed by atoms with Gasteiger partial charge in [0, 0.05) is 25.1 Å². The van der Waals surface area contributed by atoms with Gasteiger partial charge in [-0.1, -0.05) is 62.7 Å². The van der Waals surface area contributed by atoms with Crippen LogP contribution >= 0.6 is 0 Å². The molecule has 0 saturated carbocycles. The molecule has 0 amide bonds. The molecule has 0 N–H and O–H groups in total. The van der Waals surface area contributed by atoms with Crippen molar-refractivity contribution in [1.29, 1.82) is 0 Å². The summed E-state index contributed by atoms with van der Waals surface area (Å²) in [4.78, 5) is 20.3. The summed E-state index contributed by atoms with van der Waals surface area (Å²) in [5.41, 5.74) is 4.16. The molecular weight excluding hydrogens is 564 g/mol. The highest BCUT2D eigenvalue weighted by Crippen LogP contribution is 2.36. The summed E-state index contributed by atoms with van der Waals surface area (Å²) in [7, 11) is -4.30. The van der Waals surface area contributed by atoms with Crippen molar-refractivity contribution in [1.82, 2.24) is 9.88 Å². The molecule has 4 aromatic rings. The number of oxazole rings is 1. The molecule has 0 spiro atoms. The minimum atomic E-state index is -4.30. The largest absolute Gasteiger partial charge is 0.493 e. The third-order valence-corrected chi connectivity index (χ3v) is 8.60. The van der Waals surface area contributed by atoms with Crippen LogP contribution in [0.25, 0.3) is 11.5 Å². The van der Waals surface area contributed by atoms with E-state index < -0.39 is 22.1 Å². The molecule has 3 aromatic carbocycles. The lowest BCUT2D eigenvalue weighted by molar-refractivity contribution is -0.141. The van der Waals surface area contributed by atoms with Crippen LogP contribution in [0.5, 0.6) is 5.75 Å². The van der Waals surface area contributed by atoms with Gasteiger partial charge in [-0.2, -0.15) is 8.42 Å². The Morgan fingerprint density at radius 2 is 1.74 bits per heavy atom. The van der Waals surface area contributed by atoms with Crippen molar-refractivity contribution in [3.8, 4) is 17.2 Å². The maximum atomic E-state index is 13.7. The zero-order valence-corrected chi connectivity index (χ0v) is 26.1. The Morgan fingerprint density at radius 1 is 1.02 bits per heavy atom. The lowest BCUT2D eigenvalue weighted by Gasteiger charge is -2.39. The third-order valence-electron chi connectivity index (χ3n) is 7.37. The molecule has 5 rings (SSSR count). The molecule has 9 heteroatoms. The predicted octanol–water partition coefficient (Wildman–Crippen LogP) is 6.46. The van der Waals surface area contributed by atoms with Crippen LogP contribution in [-0.4, -0.2) is 44.0 Å². The molecule has 8 nitrogen and oxygen atoms in total. The number of hydrogen-bond acceptors (Lipinski definition) is 8. The number of aryl methyl sites for hydroxylation is 2. The molecule has 1 aliphatic heterocycles. The van der Waals surface area contributed by atoms with Gasteiger partial charge in [-0.3, -0.25) is 4.90 Å². The topological polar surface area (TPSA) is 98.9 Å². The van der Waals surface area contributed by atoms with Crippen LogP contribution in [0.1, 0.15) is 55.0 Å². The van der Waals surface area contributed by atoms with Crippen LogP contribution < -0.4 is 4.74 Å². The molecule has 1 atom stereocenters. The lowest BCUT2D eigenvalue weighted by atomic mass is 9.88. The number of nitrogens with zero attached hydrogens (tertiary/aromatic N) is 2.